The van der Waals surface area contributed by atoms with E-state index in [2.05, 4.69) is 15.1 Å². The van der Waals surface area contributed by atoms with E-state index in [1.165, 1.54) is 18.7 Å². The number of fused-ring (bicyclic) bond motifs is 4. The second-order valence-electron chi connectivity index (χ2n) is 9.72. The van der Waals surface area contributed by atoms with Gasteiger partial charge in [-0.3, -0.25) is 19.4 Å². The Morgan fingerprint density at radius 2 is 1.97 bits per heavy atom. The van der Waals surface area contributed by atoms with E-state index in [1.54, 1.807) is 4.57 Å². The largest absolute Gasteiger partial charge is 0.503 e. The standard InChI is InChI=1S/C25H30F2N4O4/c26-17-6-5-15(19(27)9-17)10-28-25(35)18-12-30-14-22-29(7-8-32)11-16-3-1-2-4-20(16)31(22)13-21(30)24(34)23(18)33/h5-6,9,12,16,20,22,32,34H,1-4,7-8,10-11,13-14H2,(H,28,35)/t16-,20-,22-/m0/s1. The molecule has 0 unspecified atom stereocenters. The van der Waals surface area contributed by atoms with Crippen LogP contribution in [0.2, 0.25) is 0 Å². The van der Waals surface area contributed by atoms with Gasteiger partial charge in [-0.2, -0.15) is 0 Å². The number of carbonyl (C=O) groups excluding carboxylic acids is 1. The first-order valence-corrected chi connectivity index (χ1v) is 12.2. The second kappa shape index (κ2) is 9.67. The third-order valence-corrected chi connectivity index (χ3v) is 7.71. The monoisotopic (exact) mass is 488 g/mol. The Kier molecular flexibility index (Phi) is 6.61. The molecule has 1 amide bonds. The van der Waals surface area contributed by atoms with Gasteiger partial charge in [0.25, 0.3) is 5.91 Å². The fraction of sp³-hybridized carbons (Fsp3) is 0.520. The zero-order chi connectivity index (χ0) is 24.7. The lowest BCUT2D eigenvalue weighted by Gasteiger charge is -2.55. The smallest absolute Gasteiger partial charge is 0.257 e. The molecule has 1 saturated heterocycles. The van der Waals surface area contributed by atoms with Gasteiger partial charge in [0.15, 0.2) is 5.75 Å². The maximum atomic E-state index is 13.9. The van der Waals surface area contributed by atoms with Gasteiger partial charge in [0.05, 0.1) is 25.0 Å². The molecule has 5 rings (SSSR count). The van der Waals surface area contributed by atoms with E-state index in [1.807, 2.05) is 0 Å². The fourth-order valence-corrected chi connectivity index (χ4v) is 5.97. The molecule has 188 valence electrons. The lowest BCUT2D eigenvalue weighted by molar-refractivity contribution is -0.106. The number of β-amino-alcohol motifs (C(OH)–C–C–N with tert-alkyl or cyclic N) is 1. The van der Waals surface area contributed by atoms with Crippen molar-refractivity contribution in [1.82, 2.24) is 19.7 Å². The number of carbonyl (C=O) groups is 1. The van der Waals surface area contributed by atoms with Gasteiger partial charge in [0, 0.05) is 50.0 Å². The molecule has 8 nitrogen and oxygen atoms in total. The molecular formula is C25H30F2N4O4. The van der Waals surface area contributed by atoms with E-state index >= 15 is 0 Å². The average molecular weight is 489 g/mol. The summed E-state index contributed by atoms with van der Waals surface area (Å²) in [5.41, 5.74) is -0.442. The minimum atomic E-state index is -0.794. The number of nitrogens with one attached hydrogen (secondary N) is 1. The SMILES string of the molecule is O=C(NCc1ccc(F)cc1F)c1cn2c(c(O)c1=O)CN1[C@H]3CCCC[C@H]3CN(CCO)[C@@H]1C2. The maximum absolute atomic E-state index is 13.9. The first kappa shape index (κ1) is 23.9. The molecule has 3 atom stereocenters. The van der Waals surface area contributed by atoms with Crippen molar-refractivity contribution >= 4 is 5.91 Å². The molecule has 1 aromatic carbocycles. The van der Waals surface area contributed by atoms with Crippen LogP contribution in [0.3, 0.4) is 0 Å². The minimum Gasteiger partial charge on any atom is -0.503 e. The summed E-state index contributed by atoms with van der Waals surface area (Å²) in [5, 5.41) is 22.9. The summed E-state index contributed by atoms with van der Waals surface area (Å²) in [6.45, 7) is 2.07. The quantitative estimate of drug-likeness (QED) is 0.594. The van der Waals surface area contributed by atoms with Crippen LogP contribution in [0.4, 0.5) is 8.78 Å². The van der Waals surface area contributed by atoms with Crippen LogP contribution in [0.5, 0.6) is 5.75 Å². The van der Waals surface area contributed by atoms with Gasteiger partial charge in [-0.1, -0.05) is 18.9 Å². The highest BCUT2D eigenvalue weighted by Gasteiger charge is 2.45. The van der Waals surface area contributed by atoms with E-state index < -0.39 is 28.7 Å². The number of benzene rings is 1. The average Bonchev–Trinajstić information content (AvgIpc) is 2.85. The molecule has 2 fully saturated rings. The first-order valence-electron chi connectivity index (χ1n) is 12.2. The van der Waals surface area contributed by atoms with Crippen molar-refractivity contribution in [2.24, 2.45) is 5.92 Å². The number of nitrogens with zero attached hydrogens (tertiary/aromatic N) is 3. The van der Waals surface area contributed by atoms with Crippen molar-refractivity contribution in [3.05, 3.63) is 63.1 Å². The van der Waals surface area contributed by atoms with Crippen LogP contribution >= 0.6 is 0 Å². The van der Waals surface area contributed by atoms with Gasteiger partial charge in [-0.05, 0) is 24.8 Å². The van der Waals surface area contributed by atoms with Gasteiger partial charge in [-0.15, -0.1) is 0 Å². The summed E-state index contributed by atoms with van der Waals surface area (Å²) in [5.74, 6) is -2.21. The highest BCUT2D eigenvalue weighted by atomic mass is 19.1. The second-order valence-corrected chi connectivity index (χ2v) is 9.72. The number of aromatic nitrogens is 1. The molecule has 0 bridgehead atoms. The Bertz CT molecular complexity index is 1190. The molecule has 1 saturated carbocycles. The molecule has 3 N–H and O–H groups in total. The molecular weight excluding hydrogens is 458 g/mol. The van der Waals surface area contributed by atoms with E-state index in [-0.39, 0.29) is 30.4 Å². The van der Waals surface area contributed by atoms with Crippen LogP contribution in [0.1, 0.15) is 47.3 Å². The normalized spacial score (nSPS) is 24.4. The van der Waals surface area contributed by atoms with E-state index in [9.17, 15) is 28.6 Å². The van der Waals surface area contributed by atoms with Crippen LogP contribution in [0.25, 0.3) is 0 Å². The zero-order valence-corrected chi connectivity index (χ0v) is 19.4. The number of pyridine rings is 1. The topological polar surface area (TPSA) is 98.0 Å². The number of hydrogen-bond donors (Lipinski definition) is 3. The summed E-state index contributed by atoms with van der Waals surface area (Å²) >= 11 is 0. The van der Waals surface area contributed by atoms with Crippen molar-refractivity contribution in [3.8, 4) is 5.75 Å². The Morgan fingerprint density at radius 3 is 2.74 bits per heavy atom. The fourth-order valence-electron chi connectivity index (χ4n) is 5.97. The summed E-state index contributed by atoms with van der Waals surface area (Å²) in [4.78, 5) is 30.3. The number of hydrogen-bond acceptors (Lipinski definition) is 6. The van der Waals surface area contributed by atoms with E-state index in [0.717, 1.165) is 37.9 Å². The highest BCUT2D eigenvalue weighted by molar-refractivity contribution is 5.94. The van der Waals surface area contributed by atoms with E-state index in [4.69, 9.17) is 0 Å². The summed E-state index contributed by atoms with van der Waals surface area (Å²) < 4.78 is 28.8. The number of amides is 1. The summed E-state index contributed by atoms with van der Waals surface area (Å²) in [6.07, 6.45) is 5.97. The van der Waals surface area contributed by atoms with Gasteiger partial charge in [0.2, 0.25) is 5.43 Å². The van der Waals surface area contributed by atoms with Crippen LogP contribution < -0.4 is 10.7 Å². The minimum absolute atomic E-state index is 0.0138. The van der Waals surface area contributed by atoms with Gasteiger partial charge in [-0.25, -0.2) is 8.78 Å². The molecule has 10 heteroatoms. The van der Waals surface area contributed by atoms with Gasteiger partial charge < -0.3 is 20.1 Å². The number of aromatic hydroxyl groups is 1. The molecule has 35 heavy (non-hydrogen) atoms. The molecule has 2 aliphatic heterocycles. The van der Waals surface area contributed by atoms with Crippen LogP contribution in [0, 0.1) is 17.6 Å². The Balaban J connectivity index is 1.41. The Labute approximate surface area is 201 Å². The predicted molar refractivity (Wildman–Crippen MR) is 124 cm³/mol. The predicted octanol–water partition coefficient (Wildman–Crippen LogP) is 1.77. The zero-order valence-electron chi connectivity index (χ0n) is 19.4. The van der Waals surface area contributed by atoms with Crippen molar-refractivity contribution in [2.45, 2.75) is 57.5 Å². The van der Waals surface area contributed by atoms with E-state index in [0.29, 0.717) is 37.3 Å². The Hall–Kier alpha value is -2.82. The molecule has 3 aliphatic rings. The molecule has 1 aliphatic carbocycles. The molecule has 1 aromatic heterocycles. The molecule has 0 spiro atoms. The van der Waals surface area contributed by atoms with Crippen molar-refractivity contribution in [1.29, 1.82) is 0 Å². The molecule has 3 heterocycles. The van der Waals surface area contributed by atoms with Crippen LogP contribution in [-0.2, 0) is 19.6 Å². The third kappa shape index (κ3) is 4.46. The lowest BCUT2D eigenvalue weighted by Crippen LogP contribution is -2.65. The third-order valence-electron chi connectivity index (χ3n) is 7.71. The molecule has 2 aromatic rings. The highest BCUT2D eigenvalue weighted by Crippen LogP contribution is 2.39. The number of aliphatic hydroxyl groups excluding tert-OH is 1. The van der Waals surface area contributed by atoms with Crippen LogP contribution in [0.15, 0.2) is 29.2 Å². The number of rotatable bonds is 5. The van der Waals surface area contributed by atoms with Crippen molar-refractivity contribution in [2.75, 3.05) is 19.7 Å². The number of aliphatic hydroxyl groups is 1. The van der Waals surface area contributed by atoms with Gasteiger partial charge >= 0.3 is 0 Å². The summed E-state index contributed by atoms with van der Waals surface area (Å²) in [6, 6.07) is 3.41. The maximum Gasteiger partial charge on any atom is 0.257 e. The lowest BCUT2D eigenvalue weighted by atomic mass is 9.80. The number of halogens is 2. The van der Waals surface area contributed by atoms with Crippen molar-refractivity contribution < 1.29 is 23.8 Å². The van der Waals surface area contributed by atoms with Gasteiger partial charge in [0.1, 0.15) is 17.2 Å². The first-order chi connectivity index (χ1) is 16.9. The molecule has 0 radical (unpaired) electrons. The Morgan fingerprint density at radius 1 is 1.17 bits per heavy atom. The van der Waals surface area contributed by atoms with Crippen LogP contribution in [-0.4, -0.2) is 62.4 Å². The summed E-state index contributed by atoms with van der Waals surface area (Å²) in [7, 11) is 0. The van der Waals surface area contributed by atoms with Crippen molar-refractivity contribution in [3.63, 3.8) is 0 Å².